The number of carbonyl (C=O) groups excluding carboxylic acids is 1. The molecule has 2 aromatic rings. The number of aryl methyl sites for hydroxylation is 3. The molecule has 128 valence electrons. The SMILES string of the molecule is Cc1ccc(C)c(OCCCSCC(=O)Nc2ccccc2C)c1. The van der Waals surface area contributed by atoms with E-state index >= 15 is 0 Å². The lowest BCUT2D eigenvalue weighted by Gasteiger charge is -2.10. The van der Waals surface area contributed by atoms with Gasteiger partial charge in [-0.05, 0) is 61.8 Å². The van der Waals surface area contributed by atoms with Gasteiger partial charge in [0.05, 0.1) is 12.4 Å². The van der Waals surface area contributed by atoms with Crippen LogP contribution in [0, 0.1) is 20.8 Å². The number of anilines is 1. The molecule has 0 heterocycles. The van der Waals surface area contributed by atoms with Crippen molar-refractivity contribution in [1.82, 2.24) is 0 Å². The highest BCUT2D eigenvalue weighted by atomic mass is 32.2. The van der Waals surface area contributed by atoms with Gasteiger partial charge in [-0.15, -0.1) is 0 Å². The van der Waals surface area contributed by atoms with Crippen molar-refractivity contribution in [3.8, 4) is 5.75 Å². The Morgan fingerprint density at radius 2 is 1.88 bits per heavy atom. The molecule has 1 amide bonds. The summed E-state index contributed by atoms with van der Waals surface area (Å²) in [4.78, 5) is 11.9. The van der Waals surface area contributed by atoms with Crippen molar-refractivity contribution in [3.63, 3.8) is 0 Å². The third kappa shape index (κ3) is 5.93. The Bertz CT molecular complexity index is 685. The average molecular weight is 343 g/mol. The van der Waals surface area contributed by atoms with Gasteiger partial charge in [-0.3, -0.25) is 4.79 Å². The van der Waals surface area contributed by atoms with Crippen molar-refractivity contribution in [1.29, 1.82) is 0 Å². The predicted molar refractivity (Wildman–Crippen MR) is 103 cm³/mol. The Labute approximate surface area is 148 Å². The zero-order valence-corrected chi connectivity index (χ0v) is 15.4. The van der Waals surface area contributed by atoms with Crippen LogP contribution in [0.1, 0.15) is 23.1 Å². The van der Waals surface area contributed by atoms with Crippen LogP contribution in [0.5, 0.6) is 5.75 Å². The Morgan fingerprint density at radius 1 is 1.08 bits per heavy atom. The Morgan fingerprint density at radius 3 is 2.67 bits per heavy atom. The number of amides is 1. The largest absolute Gasteiger partial charge is 0.493 e. The van der Waals surface area contributed by atoms with Gasteiger partial charge >= 0.3 is 0 Å². The van der Waals surface area contributed by atoms with Crippen molar-refractivity contribution in [2.75, 3.05) is 23.4 Å². The molecule has 0 spiro atoms. The number of nitrogens with one attached hydrogen (secondary N) is 1. The molecule has 0 saturated carbocycles. The number of para-hydroxylation sites is 1. The first kappa shape index (κ1) is 18.4. The number of benzene rings is 2. The zero-order chi connectivity index (χ0) is 17.4. The van der Waals surface area contributed by atoms with Crippen LogP contribution < -0.4 is 10.1 Å². The Balaban J connectivity index is 1.62. The summed E-state index contributed by atoms with van der Waals surface area (Å²) in [6.45, 7) is 6.79. The second-order valence-electron chi connectivity index (χ2n) is 5.89. The maximum atomic E-state index is 11.9. The molecule has 0 unspecified atom stereocenters. The summed E-state index contributed by atoms with van der Waals surface area (Å²) in [5.41, 5.74) is 4.34. The molecule has 0 aliphatic carbocycles. The lowest BCUT2D eigenvalue weighted by molar-refractivity contribution is -0.113. The molecule has 0 aliphatic rings. The minimum absolute atomic E-state index is 0.0461. The molecule has 3 nitrogen and oxygen atoms in total. The fraction of sp³-hybridized carbons (Fsp3) is 0.350. The van der Waals surface area contributed by atoms with E-state index in [1.165, 1.54) is 5.56 Å². The number of carbonyl (C=O) groups is 1. The quantitative estimate of drug-likeness (QED) is 0.703. The van der Waals surface area contributed by atoms with E-state index in [9.17, 15) is 4.79 Å². The first-order chi connectivity index (χ1) is 11.6. The molecule has 1 N–H and O–H groups in total. The lowest BCUT2D eigenvalue weighted by atomic mass is 10.1. The van der Waals surface area contributed by atoms with Crippen LogP contribution in [0.15, 0.2) is 42.5 Å². The van der Waals surface area contributed by atoms with Crippen LogP contribution in [0.2, 0.25) is 0 Å². The fourth-order valence-corrected chi connectivity index (χ4v) is 2.99. The molecule has 24 heavy (non-hydrogen) atoms. The molecular weight excluding hydrogens is 318 g/mol. The third-order valence-corrected chi connectivity index (χ3v) is 4.73. The smallest absolute Gasteiger partial charge is 0.234 e. The van der Waals surface area contributed by atoms with Crippen LogP contribution >= 0.6 is 11.8 Å². The molecule has 4 heteroatoms. The van der Waals surface area contributed by atoms with Crippen LogP contribution in [0.25, 0.3) is 0 Å². The van der Waals surface area contributed by atoms with Crippen LogP contribution in [-0.2, 0) is 4.79 Å². The highest BCUT2D eigenvalue weighted by Crippen LogP contribution is 2.19. The molecule has 0 aliphatic heterocycles. The second kappa shape index (κ2) is 9.38. The van der Waals surface area contributed by atoms with Crippen molar-refractivity contribution in [2.45, 2.75) is 27.2 Å². The van der Waals surface area contributed by atoms with Gasteiger partial charge in [0, 0.05) is 5.69 Å². The predicted octanol–water partition coefficient (Wildman–Crippen LogP) is 4.75. The molecular formula is C20H25NO2S. The van der Waals surface area contributed by atoms with E-state index in [1.54, 1.807) is 11.8 Å². The summed E-state index contributed by atoms with van der Waals surface area (Å²) in [7, 11) is 0. The van der Waals surface area contributed by atoms with Crippen molar-refractivity contribution >= 4 is 23.4 Å². The van der Waals surface area contributed by atoms with Crippen LogP contribution in [0.4, 0.5) is 5.69 Å². The standard InChI is InChI=1S/C20H25NO2S/c1-15-9-10-17(3)19(13-15)23-11-6-12-24-14-20(22)21-18-8-5-4-7-16(18)2/h4-5,7-10,13H,6,11-12,14H2,1-3H3,(H,21,22). The first-order valence-electron chi connectivity index (χ1n) is 8.19. The van der Waals surface area contributed by atoms with Crippen LogP contribution in [-0.4, -0.2) is 24.0 Å². The van der Waals surface area contributed by atoms with Gasteiger partial charge in [-0.2, -0.15) is 11.8 Å². The summed E-state index contributed by atoms with van der Waals surface area (Å²) in [5.74, 6) is 2.38. The molecule has 0 aromatic heterocycles. The number of hydrogen-bond acceptors (Lipinski definition) is 3. The molecule has 2 rings (SSSR count). The van der Waals surface area contributed by atoms with Gasteiger partial charge in [-0.1, -0.05) is 30.3 Å². The van der Waals surface area contributed by atoms with E-state index < -0.39 is 0 Å². The molecule has 0 fully saturated rings. The molecule has 0 saturated heterocycles. The monoisotopic (exact) mass is 343 g/mol. The van der Waals surface area contributed by atoms with Gasteiger partial charge in [0.2, 0.25) is 5.91 Å². The number of thioether (sulfide) groups is 1. The highest BCUT2D eigenvalue weighted by Gasteiger charge is 2.04. The van der Waals surface area contributed by atoms with Crippen molar-refractivity contribution < 1.29 is 9.53 Å². The minimum Gasteiger partial charge on any atom is -0.493 e. The first-order valence-corrected chi connectivity index (χ1v) is 9.35. The second-order valence-corrected chi connectivity index (χ2v) is 6.99. The van der Waals surface area contributed by atoms with E-state index in [0.717, 1.165) is 34.7 Å². The third-order valence-electron chi connectivity index (χ3n) is 3.69. The number of ether oxygens (including phenoxy) is 1. The van der Waals surface area contributed by atoms with Gasteiger partial charge in [0.25, 0.3) is 0 Å². The van der Waals surface area contributed by atoms with E-state index in [4.69, 9.17) is 4.74 Å². The van der Waals surface area contributed by atoms with Gasteiger partial charge < -0.3 is 10.1 Å². The Hall–Kier alpha value is -1.94. The number of hydrogen-bond donors (Lipinski definition) is 1. The molecule has 0 atom stereocenters. The summed E-state index contributed by atoms with van der Waals surface area (Å²) < 4.78 is 5.82. The highest BCUT2D eigenvalue weighted by molar-refractivity contribution is 7.99. The van der Waals surface area contributed by atoms with E-state index in [-0.39, 0.29) is 5.91 Å². The molecule has 0 bridgehead atoms. The van der Waals surface area contributed by atoms with Crippen molar-refractivity contribution in [2.24, 2.45) is 0 Å². The minimum atomic E-state index is 0.0461. The van der Waals surface area contributed by atoms with Crippen molar-refractivity contribution in [3.05, 3.63) is 59.2 Å². The summed E-state index contributed by atoms with van der Waals surface area (Å²) in [5, 5.41) is 2.95. The summed E-state index contributed by atoms with van der Waals surface area (Å²) in [6.07, 6.45) is 0.926. The fourth-order valence-electron chi connectivity index (χ4n) is 2.27. The maximum Gasteiger partial charge on any atom is 0.234 e. The van der Waals surface area contributed by atoms with Gasteiger partial charge in [0.15, 0.2) is 0 Å². The molecule has 0 radical (unpaired) electrons. The lowest BCUT2D eigenvalue weighted by Crippen LogP contribution is -2.15. The number of rotatable bonds is 8. The van der Waals surface area contributed by atoms with Gasteiger partial charge in [-0.25, -0.2) is 0 Å². The van der Waals surface area contributed by atoms with E-state index in [0.29, 0.717) is 12.4 Å². The Kier molecular flexibility index (Phi) is 7.19. The van der Waals surface area contributed by atoms with Crippen LogP contribution in [0.3, 0.4) is 0 Å². The zero-order valence-electron chi connectivity index (χ0n) is 14.6. The molecule has 2 aromatic carbocycles. The maximum absolute atomic E-state index is 11.9. The van der Waals surface area contributed by atoms with Gasteiger partial charge in [0.1, 0.15) is 5.75 Å². The normalized spacial score (nSPS) is 10.5. The summed E-state index contributed by atoms with van der Waals surface area (Å²) in [6, 6.07) is 14.1. The summed E-state index contributed by atoms with van der Waals surface area (Å²) >= 11 is 1.64. The topological polar surface area (TPSA) is 38.3 Å². The van der Waals surface area contributed by atoms with E-state index in [2.05, 4.69) is 37.4 Å². The van der Waals surface area contributed by atoms with E-state index in [1.807, 2.05) is 31.2 Å². The average Bonchev–Trinajstić information content (AvgIpc) is 2.56.